The monoisotopic (exact) mass is 357 g/mol. The third-order valence-electron chi connectivity index (χ3n) is 3.23. The number of esters is 1. The van der Waals surface area contributed by atoms with E-state index in [1.165, 1.54) is 21.1 Å². The molecular weight excluding hydrogens is 334 g/mol. The fourth-order valence-electron chi connectivity index (χ4n) is 2.04. The maximum atomic E-state index is 11.6. The van der Waals surface area contributed by atoms with Crippen LogP contribution in [0.1, 0.15) is 18.1 Å². The maximum Gasteiger partial charge on any atom is 0.358 e. The summed E-state index contributed by atoms with van der Waals surface area (Å²) in [5.41, 5.74) is 1.50. The predicted octanol–water partition coefficient (Wildman–Crippen LogP) is 3.09. The number of hydrogen-bond donors (Lipinski definition) is 2. The smallest absolute Gasteiger partial charge is 0.358 e. The van der Waals surface area contributed by atoms with Crippen LogP contribution >= 0.6 is 0 Å². The Morgan fingerprint density at radius 2 is 1.81 bits per heavy atom. The molecule has 0 aliphatic heterocycles. The van der Waals surface area contributed by atoms with Crippen molar-refractivity contribution in [2.45, 2.75) is 13.5 Å². The summed E-state index contributed by atoms with van der Waals surface area (Å²) in [6, 6.07) is 16.7. The number of carbonyl (C=O) groups excluding carboxylic acids is 2. The van der Waals surface area contributed by atoms with Crippen molar-refractivity contribution < 1.29 is 24.2 Å². The van der Waals surface area contributed by atoms with Gasteiger partial charge in [-0.25, -0.2) is 4.79 Å². The molecule has 0 saturated heterocycles. The number of methoxy groups -OCH3 is 1. The van der Waals surface area contributed by atoms with E-state index in [0.29, 0.717) is 17.9 Å². The van der Waals surface area contributed by atoms with Gasteiger partial charge in [-0.05, 0) is 24.6 Å². The zero-order valence-electron chi connectivity index (χ0n) is 15.1. The molecule has 2 rings (SSSR count). The van der Waals surface area contributed by atoms with Gasteiger partial charge in [0.05, 0.1) is 7.11 Å². The van der Waals surface area contributed by atoms with E-state index in [0.717, 1.165) is 11.8 Å². The van der Waals surface area contributed by atoms with Crippen molar-refractivity contribution in [3.63, 3.8) is 0 Å². The number of likely N-dealkylation sites (N-methyl/N-ethyl adjacent to an activating group) is 1. The minimum atomic E-state index is -0.638. The van der Waals surface area contributed by atoms with E-state index in [1.54, 1.807) is 24.3 Å². The van der Waals surface area contributed by atoms with Crippen molar-refractivity contribution in [1.29, 1.82) is 0 Å². The van der Waals surface area contributed by atoms with Crippen molar-refractivity contribution in [3.8, 4) is 5.75 Å². The van der Waals surface area contributed by atoms with Gasteiger partial charge in [0.1, 0.15) is 18.6 Å². The number of hydrogen-bond acceptors (Lipinski definition) is 6. The Bertz CT molecular complexity index is 741. The number of benzene rings is 2. The third kappa shape index (κ3) is 6.32. The van der Waals surface area contributed by atoms with Crippen LogP contribution in [0, 0.1) is 0 Å². The van der Waals surface area contributed by atoms with Crippen LogP contribution in [-0.4, -0.2) is 31.5 Å². The van der Waals surface area contributed by atoms with E-state index in [-0.39, 0.29) is 11.5 Å². The Morgan fingerprint density at radius 1 is 1.15 bits per heavy atom. The quantitative estimate of drug-likeness (QED) is 0.358. The second kappa shape index (κ2) is 11.3. The maximum absolute atomic E-state index is 11.6. The number of rotatable bonds is 6. The van der Waals surface area contributed by atoms with Gasteiger partial charge < -0.3 is 24.7 Å². The Labute approximate surface area is 153 Å². The molecule has 0 aliphatic rings. The molecule has 0 heterocycles. The minimum absolute atomic E-state index is 0.00675. The lowest BCUT2D eigenvalue weighted by atomic mass is 10.1. The molecule has 2 aromatic rings. The molecular formula is C20H23NO5. The first-order chi connectivity index (χ1) is 12.6. The molecule has 0 saturated carbocycles. The van der Waals surface area contributed by atoms with Crippen LogP contribution in [0.3, 0.4) is 0 Å². The van der Waals surface area contributed by atoms with Crippen molar-refractivity contribution in [2.75, 3.05) is 14.2 Å². The summed E-state index contributed by atoms with van der Waals surface area (Å²) in [7, 11) is 2.80. The Hall–Kier alpha value is -3.28. The molecule has 138 valence electrons. The Morgan fingerprint density at radius 3 is 2.38 bits per heavy atom. The lowest BCUT2D eigenvalue weighted by Crippen LogP contribution is -2.19. The minimum Gasteiger partial charge on any atom is -0.505 e. The molecule has 0 spiro atoms. The van der Waals surface area contributed by atoms with Crippen LogP contribution in [0.25, 0.3) is 5.76 Å². The molecule has 0 atom stereocenters. The zero-order valence-corrected chi connectivity index (χ0v) is 15.1. The summed E-state index contributed by atoms with van der Waals surface area (Å²) in [5.74, 6) is -0.233. The molecule has 0 aliphatic carbocycles. The molecule has 0 bridgehead atoms. The van der Waals surface area contributed by atoms with Gasteiger partial charge in [0, 0.05) is 12.6 Å². The highest BCUT2D eigenvalue weighted by molar-refractivity contribution is 5.95. The SMILES string of the molecule is CC=O.CN/C(C(=O)OC)=C(/O)c1cccc(OCc2ccccc2)c1. The normalized spacial score (nSPS) is 10.6. The van der Waals surface area contributed by atoms with E-state index >= 15 is 0 Å². The molecule has 0 amide bonds. The first kappa shape index (κ1) is 20.8. The van der Waals surface area contributed by atoms with Crippen LogP contribution in [0.4, 0.5) is 0 Å². The average molecular weight is 357 g/mol. The topological polar surface area (TPSA) is 84.9 Å². The first-order valence-corrected chi connectivity index (χ1v) is 7.93. The first-order valence-electron chi connectivity index (χ1n) is 7.93. The number of carbonyl (C=O) groups is 2. The summed E-state index contributed by atoms with van der Waals surface area (Å²) < 4.78 is 10.3. The molecule has 0 aromatic heterocycles. The molecule has 6 heteroatoms. The highest BCUT2D eigenvalue weighted by Crippen LogP contribution is 2.21. The van der Waals surface area contributed by atoms with E-state index in [4.69, 9.17) is 9.53 Å². The number of ether oxygens (including phenoxy) is 2. The van der Waals surface area contributed by atoms with Gasteiger partial charge in [0.2, 0.25) is 0 Å². The van der Waals surface area contributed by atoms with Crippen LogP contribution in [0.15, 0.2) is 60.3 Å². The van der Waals surface area contributed by atoms with E-state index in [2.05, 4.69) is 10.1 Å². The van der Waals surface area contributed by atoms with Gasteiger partial charge in [0.25, 0.3) is 0 Å². The molecule has 2 N–H and O–H groups in total. The van der Waals surface area contributed by atoms with Crippen LogP contribution in [0.5, 0.6) is 5.75 Å². The summed E-state index contributed by atoms with van der Waals surface area (Å²) in [6.07, 6.45) is 0.750. The van der Waals surface area contributed by atoms with E-state index < -0.39 is 5.97 Å². The number of nitrogens with one attached hydrogen (secondary N) is 1. The number of aliphatic hydroxyl groups is 1. The van der Waals surface area contributed by atoms with E-state index in [9.17, 15) is 9.90 Å². The van der Waals surface area contributed by atoms with Crippen molar-refractivity contribution in [1.82, 2.24) is 5.32 Å². The standard InChI is InChI=1S/C18H19NO4.C2H4O/c1-19-16(18(21)22-2)17(20)14-9-6-10-15(11-14)23-12-13-7-4-3-5-8-13;1-2-3/h3-11,19-20H,12H2,1-2H3;2H,1H3/b17-16+;. The molecule has 0 unspecified atom stereocenters. The predicted molar refractivity (Wildman–Crippen MR) is 99.6 cm³/mol. The fourth-order valence-corrected chi connectivity index (χ4v) is 2.04. The summed E-state index contributed by atoms with van der Waals surface area (Å²) in [6.45, 7) is 1.87. The van der Waals surface area contributed by atoms with Crippen molar-refractivity contribution in [3.05, 3.63) is 71.4 Å². The van der Waals surface area contributed by atoms with Gasteiger partial charge in [-0.15, -0.1) is 0 Å². The van der Waals surface area contributed by atoms with Crippen molar-refractivity contribution in [2.24, 2.45) is 0 Å². The molecule has 2 aromatic carbocycles. The summed E-state index contributed by atoms with van der Waals surface area (Å²) in [5, 5.41) is 12.9. The van der Waals surface area contributed by atoms with Crippen LogP contribution in [0.2, 0.25) is 0 Å². The van der Waals surface area contributed by atoms with Gasteiger partial charge in [0.15, 0.2) is 11.5 Å². The Kier molecular flexibility index (Phi) is 9.03. The second-order valence-corrected chi connectivity index (χ2v) is 5.00. The van der Waals surface area contributed by atoms with Gasteiger partial charge in [-0.2, -0.15) is 0 Å². The zero-order chi connectivity index (χ0) is 19.4. The lowest BCUT2D eigenvalue weighted by Gasteiger charge is -2.11. The van der Waals surface area contributed by atoms with Gasteiger partial charge >= 0.3 is 5.97 Å². The molecule has 0 fully saturated rings. The number of aldehydes is 1. The highest BCUT2D eigenvalue weighted by atomic mass is 16.5. The van der Waals surface area contributed by atoms with Crippen LogP contribution in [-0.2, 0) is 20.9 Å². The lowest BCUT2D eigenvalue weighted by molar-refractivity contribution is -0.136. The fraction of sp³-hybridized carbons (Fsp3) is 0.200. The van der Waals surface area contributed by atoms with Crippen molar-refractivity contribution >= 4 is 18.0 Å². The van der Waals surface area contributed by atoms with Crippen LogP contribution < -0.4 is 10.1 Å². The summed E-state index contributed by atoms with van der Waals surface area (Å²) in [4.78, 5) is 20.4. The van der Waals surface area contributed by atoms with Gasteiger partial charge in [-0.3, -0.25) is 0 Å². The molecule has 0 radical (unpaired) electrons. The third-order valence-corrected chi connectivity index (χ3v) is 3.23. The average Bonchev–Trinajstić information content (AvgIpc) is 2.68. The number of aliphatic hydroxyl groups excluding tert-OH is 1. The molecule has 26 heavy (non-hydrogen) atoms. The molecule has 6 nitrogen and oxygen atoms in total. The van der Waals surface area contributed by atoms with Gasteiger partial charge in [-0.1, -0.05) is 42.5 Å². The Balaban J connectivity index is 0.00000105. The van der Waals surface area contributed by atoms with E-state index in [1.807, 2.05) is 30.3 Å². The second-order valence-electron chi connectivity index (χ2n) is 5.00. The largest absolute Gasteiger partial charge is 0.505 e. The summed E-state index contributed by atoms with van der Waals surface area (Å²) >= 11 is 0. The highest BCUT2D eigenvalue weighted by Gasteiger charge is 2.16.